The summed E-state index contributed by atoms with van der Waals surface area (Å²) in [4.78, 5) is 10.4. The van der Waals surface area contributed by atoms with Crippen molar-refractivity contribution < 1.29 is 23.1 Å². The highest BCUT2D eigenvalue weighted by Gasteiger charge is 2.21. The predicted octanol–water partition coefficient (Wildman–Crippen LogP) is -0.329. The summed E-state index contributed by atoms with van der Waals surface area (Å²) in [6.07, 6.45) is 2.87. The molecule has 19 heavy (non-hydrogen) atoms. The highest BCUT2D eigenvalue weighted by Crippen LogP contribution is 2.09. The van der Waals surface area contributed by atoms with E-state index in [2.05, 4.69) is 9.82 Å². The first kappa shape index (κ1) is 15.6. The van der Waals surface area contributed by atoms with Gasteiger partial charge in [0.2, 0.25) is 10.0 Å². The summed E-state index contributed by atoms with van der Waals surface area (Å²) in [7, 11) is -2.23. The number of nitrogens with one attached hydrogen (secondary N) is 1. The predicted molar refractivity (Wildman–Crippen MR) is 66.1 cm³/mol. The standard InChI is InChI=1S/C10H17N3O5S/c1-3-8(7-18-2)12-19(16,17)9-4-11-13(5-9)6-10(14)15/h4-5,8,12H,3,6-7H2,1-2H3,(H,14,15). The summed E-state index contributed by atoms with van der Waals surface area (Å²) >= 11 is 0. The average molecular weight is 291 g/mol. The quantitative estimate of drug-likeness (QED) is 0.678. The van der Waals surface area contributed by atoms with Crippen LogP contribution in [-0.2, 0) is 26.1 Å². The number of carboxylic acid groups (broad SMARTS) is 1. The van der Waals surface area contributed by atoms with Gasteiger partial charge in [-0.1, -0.05) is 6.92 Å². The monoisotopic (exact) mass is 291 g/mol. The molecule has 2 N–H and O–H groups in total. The van der Waals surface area contributed by atoms with Gasteiger partial charge in [-0.15, -0.1) is 0 Å². The topological polar surface area (TPSA) is 111 Å². The lowest BCUT2D eigenvalue weighted by Gasteiger charge is -2.15. The average Bonchev–Trinajstić information content (AvgIpc) is 2.76. The van der Waals surface area contributed by atoms with Crippen LogP contribution < -0.4 is 4.72 Å². The number of carboxylic acids is 1. The van der Waals surface area contributed by atoms with Gasteiger partial charge in [-0.25, -0.2) is 13.1 Å². The summed E-state index contributed by atoms with van der Waals surface area (Å²) in [5, 5.41) is 12.3. The maximum absolute atomic E-state index is 12.0. The summed E-state index contributed by atoms with van der Waals surface area (Å²) in [6.45, 7) is 1.71. The molecule has 0 bridgehead atoms. The molecule has 0 amide bonds. The molecule has 108 valence electrons. The summed E-state index contributed by atoms with van der Waals surface area (Å²) < 4.78 is 32.4. The van der Waals surface area contributed by atoms with Crippen LogP contribution in [0.1, 0.15) is 13.3 Å². The molecule has 1 unspecified atom stereocenters. The minimum Gasteiger partial charge on any atom is -0.480 e. The zero-order valence-corrected chi connectivity index (χ0v) is 11.6. The molecule has 0 fully saturated rings. The van der Waals surface area contributed by atoms with Crippen molar-refractivity contribution in [2.75, 3.05) is 13.7 Å². The van der Waals surface area contributed by atoms with E-state index in [0.717, 1.165) is 10.9 Å². The molecule has 1 rings (SSSR count). The van der Waals surface area contributed by atoms with Crippen LogP contribution in [-0.4, -0.2) is 49.0 Å². The molecule has 8 nitrogen and oxygen atoms in total. The number of rotatable bonds is 8. The molecule has 0 aliphatic rings. The van der Waals surface area contributed by atoms with E-state index < -0.39 is 16.0 Å². The third kappa shape index (κ3) is 4.62. The van der Waals surface area contributed by atoms with Gasteiger partial charge >= 0.3 is 5.97 Å². The largest absolute Gasteiger partial charge is 0.480 e. The number of hydrogen-bond acceptors (Lipinski definition) is 5. The first-order valence-corrected chi connectivity index (χ1v) is 7.13. The van der Waals surface area contributed by atoms with E-state index in [0.29, 0.717) is 6.42 Å². The van der Waals surface area contributed by atoms with Crippen molar-refractivity contribution in [2.45, 2.75) is 30.8 Å². The molecule has 0 saturated heterocycles. The fourth-order valence-electron chi connectivity index (χ4n) is 1.43. The Balaban J connectivity index is 2.82. The van der Waals surface area contributed by atoms with Crippen LogP contribution in [0, 0.1) is 0 Å². The zero-order valence-electron chi connectivity index (χ0n) is 10.7. The molecule has 0 aromatic carbocycles. The maximum Gasteiger partial charge on any atom is 0.325 e. The van der Waals surface area contributed by atoms with Gasteiger partial charge in [0.05, 0.1) is 12.8 Å². The van der Waals surface area contributed by atoms with Gasteiger partial charge in [0.25, 0.3) is 0 Å². The van der Waals surface area contributed by atoms with Gasteiger partial charge in [0.1, 0.15) is 11.4 Å². The highest BCUT2D eigenvalue weighted by molar-refractivity contribution is 7.89. The van der Waals surface area contributed by atoms with E-state index in [1.54, 1.807) is 0 Å². The molecule has 0 aliphatic heterocycles. The van der Waals surface area contributed by atoms with Crippen molar-refractivity contribution in [3.05, 3.63) is 12.4 Å². The first-order chi connectivity index (χ1) is 8.89. The molecule has 0 saturated carbocycles. The Kier molecular flexibility index (Phi) is 5.45. The Labute approximate surface area is 111 Å². The van der Waals surface area contributed by atoms with E-state index in [1.807, 2.05) is 6.92 Å². The number of ether oxygens (including phenoxy) is 1. The smallest absolute Gasteiger partial charge is 0.325 e. The van der Waals surface area contributed by atoms with Crippen molar-refractivity contribution in [1.82, 2.24) is 14.5 Å². The maximum atomic E-state index is 12.0. The fraction of sp³-hybridized carbons (Fsp3) is 0.600. The number of carbonyl (C=O) groups is 1. The second kappa shape index (κ2) is 6.64. The molecule has 1 heterocycles. The summed E-state index contributed by atoms with van der Waals surface area (Å²) in [5.41, 5.74) is 0. The fourth-order valence-corrected chi connectivity index (χ4v) is 2.69. The SMILES string of the molecule is CCC(COC)NS(=O)(=O)c1cnn(CC(=O)O)c1. The molecule has 1 aromatic heterocycles. The second-order valence-corrected chi connectivity index (χ2v) is 5.66. The Morgan fingerprint density at radius 3 is 2.84 bits per heavy atom. The van der Waals surface area contributed by atoms with Crippen molar-refractivity contribution in [3.8, 4) is 0 Å². The van der Waals surface area contributed by atoms with Crippen LogP contribution in [0.25, 0.3) is 0 Å². The molecular formula is C10H17N3O5S. The molecule has 0 radical (unpaired) electrons. The number of sulfonamides is 1. The van der Waals surface area contributed by atoms with Crippen molar-refractivity contribution in [1.29, 1.82) is 0 Å². The third-order valence-electron chi connectivity index (χ3n) is 2.40. The lowest BCUT2D eigenvalue weighted by Crippen LogP contribution is -2.37. The van der Waals surface area contributed by atoms with Gasteiger partial charge in [0.15, 0.2) is 0 Å². The first-order valence-electron chi connectivity index (χ1n) is 5.64. The van der Waals surface area contributed by atoms with Crippen LogP contribution in [0.4, 0.5) is 0 Å². The molecule has 0 aliphatic carbocycles. The van der Waals surface area contributed by atoms with Crippen molar-refractivity contribution >= 4 is 16.0 Å². The number of methoxy groups -OCH3 is 1. The third-order valence-corrected chi connectivity index (χ3v) is 3.87. The number of nitrogens with zero attached hydrogens (tertiary/aromatic N) is 2. The van der Waals surface area contributed by atoms with Crippen LogP contribution in [0.2, 0.25) is 0 Å². The van der Waals surface area contributed by atoms with Gasteiger partial charge < -0.3 is 9.84 Å². The molecule has 1 aromatic rings. The Morgan fingerprint density at radius 1 is 1.63 bits per heavy atom. The van der Waals surface area contributed by atoms with E-state index in [9.17, 15) is 13.2 Å². The Bertz CT molecular complexity index is 525. The minimum atomic E-state index is -3.72. The number of aromatic nitrogens is 2. The lowest BCUT2D eigenvalue weighted by molar-refractivity contribution is -0.137. The van der Waals surface area contributed by atoms with Crippen molar-refractivity contribution in [2.24, 2.45) is 0 Å². The second-order valence-electron chi connectivity index (χ2n) is 3.95. The van der Waals surface area contributed by atoms with E-state index in [4.69, 9.17) is 9.84 Å². The Hall–Kier alpha value is -1.45. The molecular weight excluding hydrogens is 274 g/mol. The van der Waals surface area contributed by atoms with Crippen molar-refractivity contribution in [3.63, 3.8) is 0 Å². The zero-order chi connectivity index (χ0) is 14.5. The summed E-state index contributed by atoms with van der Waals surface area (Å²) in [6, 6.07) is -0.335. The molecule has 0 spiro atoms. The Morgan fingerprint density at radius 2 is 2.32 bits per heavy atom. The van der Waals surface area contributed by atoms with E-state index in [1.165, 1.54) is 13.3 Å². The van der Waals surface area contributed by atoms with Crippen LogP contribution in [0.3, 0.4) is 0 Å². The van der Waals surface area contributed by atoms with E-state index in [-0.39, 0.29) is 24.1 Å². The minimum absolute atomic E-state index is 0.0664. The highest BCUT2D eigenvalue weighted by atomic mass is 32.2. The van der Waals surface area contributed by atoms with Crippen LogP contribution >= 0.6 is 0 Å². The number of hydrogen-bond donors (Lipinski definition) is 2. The van der Waals surface area contributed by atoms with Gasteiger partial charge in [-0.2, -0.15) is 5.10 Å². The van der Waals surface area contributed by atoms with Gasteiger partial charge in [0, 0.05) is 19.3 Å². The number of aliphatic carboxylic acids is 1. The molecule has 1 atom stereocenters. The van der Waals surface area contributed by atoms with E-state index >= 15 is 0 Å². The summed E-state index contributed by atoms with van der Waals surface area (Å²) in [5.74, 6) is -1.09. The van der Waals surface area contributed by atoms with Gasteiger partial charge in [-0.05, 0) is 6.42 Å². The lowest BCUT2D eigenvalue weighted by atomic mass is 10.3. The van der Waals surface area contributed by atoms with Crippen LogP contribution in [0.15, 0.2) is 17.3 Å². The molecule has 9 heteroatoms. The van der Waals surface area contributed by atoms with Gasteiger partial charge in [-0.3, -0.25) is 9.48 Å². The normalized spacial score (nSPS) is 13.4. The van der Waals surface area contributed by atoms with Crippen LogP contribution in [0.5, 0.6) is 0 Å².